The van der Waals surface area contributed by atoms with Gasteiger partial charge < -0.3 is 20.4 Å². The van der Waals surface area contributed by atoms with Crippen LogP contribution < -0.4 is 15.5 Å². The summed E-state index contributed by atoms with van der Waals surface area (Å²) in [5, 5.41) is 7.07. The monoisotopic (exact) mass is 400 g/mol. The van der Waals surface area contributed by atoms with Crippen LogP contribution in [-0.4, -0.2) is 61.7 Å². The van der Waals surface area contributed by atoms with Crippen LogP contribution in [0.2, 0.25) is 0 Å². The second-order valence-corrected chi connectivity index (χ2v) is 9.01. The molecule has 6 heteroatoms. The molecule has 0 amide bonds. The molecule has 0 radical (unpaired) electrons. The SMILES string of the molecule is CCNC(=NCc1ccc(N2CCN(C)CC2)nc1)NC1CCC(C(C)C)CC1. The van der Waals surface area contributed by atoms with E-state index in [0.29, 0.717) is 12.6 Å². The maximum absolute atomic E-state index is 4.82. The van der Waals surface area contributed by atoms with Gasteiger partial charge in [0.2, 0.25) is 0 Å². The average Bonchev–Trinajstić information content (AvgIpc) is 2.73. The molecule has 0 spiro atoms. The van der Waals surface area contributed by atoms with Crippen molar-refractivity contribution in [2.45, 2.75) is 59.0 Å². The fraction of sp³-hybridized carbons (Fsp3) is 0.739. The molecule has 6 nitrogen and oxygen atoms in total. The molecular weight excluding hydrogens is 360 g/mol. The van der Waals surface area contributed by atoms with Crippen molar-refractivity contribution in [2.75, 3.05) is 44.7 Å². The molecule has 162 valence electrons. The number of aliphatic imine (C=N–C) groups is 1. The fourth-order valence-corrected chi connectivity index (χ4v) is 4.35. The highest BCUT2D eigenvalue weighted by Crippen LogP contribution is 2.29. The minimum atomic E-state index is 0.542. The normalized spacial score (nSPS) is 24.0. The fourth-order valence-electron chi connectivity index (χ4n) is 4.35. The number of guanidine groups is 1. The van der Waals surface area contributed by atoms with Gasteiger partial charge in [-0.3, -0.25) is 0 Å². The van der Waals surface area contributed by atoms with Gasteiger partial charge in [0.1, 0.15) is 5.82 Å². The predicted molar refractivity (Wildman–Crippen MR) is 122 cm³/mol. The first-order valence-electron chi connectivity index (χ1n) is 11.5. The topological polar surface area (TPSA) is 55.8 Å². The Morgan fingerprint density at radius 1 is 1.14 bits per heavy atom. The number of aromatic nitrogens is 1. The zero-order valence-electron chi connectivity index (χ0n) is 18.8. The minimum Gasteiger partial charge on any atom is -0.357 e. The summed E-state index contributed by atoms with van der Waals surface area (Å²) >= 11 is 0. The molecule has 2 heterocycles. The molecule has 1 aliphatic heterocycles. The van der Waals surface area contributed by atoms with Crippen molar-refractivity contribution in [3.8, 4) is 0 Å². The molecular formula is C23H40N6. The number of pyridine rings is 1. The van der Waals surface area contributed by atoms with E-state index in [4.69, 9.17) is 4.99 Å². The second kappa shape index (κ2) is 10.8. The Hall–Kier alpha value is -1.82. The van der Waals surface area contributed by atoms with Crippen LogP contribution in [-0.2, 0) is 6.54 Å². The molecule has 3 rings (SSSR count). The highest BCUT2D eigenvalue weighted by molar-refractivity contribution is 5.80. The lowest BCUT2D eigenvalue weighted by Crippen LogP contribution is -2.45. The van der Waals surface area contributed by atoms with Crippen molar-refractivity contribution in [3.05, 3.63) is 23.9 Å². The van der Waals surface area contributed by atoms with Crippen molar-refractivity contribution in [2.24, 2.45) is 16.8 Å². The second-order valence-electron chi connectivity index (χ2n) is 9.01. The van der Waals surface area contributed by atoms with E-state index in [2.05, 4.69) is 65.4 Å². The van der Waals surface area contributed by atoms with Crippen LogP contribution in [0, 0.1) is 11.8 Å². The van der Waals surface area contributed by atoms with Crippen molar-refractivity contribution in [1.29, 1.82) is 0 Å². The summed E-state index contributed by atoms with van der Waals surface area (Å²) < 4.78 is 0. The van der Waals surface area contributed by atoms with Crippen LogP contribution in [0.5, 0.6) is 0 Å². The first-order valence-corrected chi connectivity index (χ1v) is 11.5. The van der Waals surface area contributed by atoms with Crippen molar-refractivity contribution in [3.63, 3.8) is 0 Å². The number of hydrogen-bond donors (Lipinski definition) is 2. The van der Waals surface area contributed by atoms with Gasteiger partial charge in [0.15, 0.2) is 5.96 Å². The lowest BCUT2D eigenvalue weighted by atomic mass is 9.80. The molecule has 2 N–H and O–H groups in total. The third kappa shape index (κ3) is 6.59. The van der Waals surface area contributed by atoms with Gasteiger partial charge in [0, 0.05) is 45.0 Å². The van der Waals surface area contributed by atoms with Crippen molar-refractivity contribution >= 4 is 11.8 Å². The number of anilines is 1. The maximum Gasteiger partial charge on any atom is 0.191 e. The Balaban J connectivity index is 1.52. The molecule has 29 heavy (non-hydrogen) atoms. The Kier molecular flexibility index (Phi) is 8.16. The van der Waals surface area contributed by atoms with E-state index >= 15 is 0 Å². The molecule has 0 atom stereocenters. The third-order valence-corrected chi connectivity index (χ3v) is 6.46. The first kappa shape index (κ1) is 21.9. The maximum atomic E-state index is 4.82. The third-order valence-electron chi connectivity index (χ3n) is 6.46. The van der Waals surface area contributed by atoms with Gasteiger partial charge in [0.25, 0.3) is 0 Å². The zero-order valence-corrected chi connectivity index (χ0v) is 18.8. The van der Waals surface area contributed by atoms with E-state index in [9.17, 15) is 0 Å². The van der Waals surface area contributed by atoms with Crippen LogP contribution in [0.3, 0.4) is 0 Å². The molecule has 0 aromatic carbocycles. The molecule has 1 saturated carbocycles. The van der Waals surface area contributed by atoms with Crippen LogP contribution >= 0.6 is 0 Å². The summed E-state index contributed by atoms with van der Waals surface area (Å²) in [6, 6.07) is 4.85. The molecule has 0 bridgehead atoms. The number of hydrogen-bond acceptors (Lipinski definition) is 4. The summed E-state index contributed by atoms with van der Waals surface area (Å²) in [5.41, 5.74) is 1.16. The minimum absolute atomic E-state index is 0.542. The summed E-state index contributed by atoms with van der Waals surface area (Å²) in [6.45, 7) is 12.7. The lowest BCUT2D eigenvalue weighted by molar-refractivity contribution is 0.250. The van der Waals surface area contributed by atoms with Crippen LogP contribution in [0.15, 0.2) is 23.3 Å². The highest BCUT2D eigenvalue weighted by atomic mass is 15.3. The first-order chi connectivity index (χ1) is 14.0. The van der Waals surface area contributed by atoms with Crippen LogP contribution in [0.1, 0.15) is 52.0 Å². The van der Waals surface area contributed by atoms with E-state index in [1.54, 1.807) is 0 Å². The highest BCUT2D eigenvalue weighted by Gasteiger charge is 2.23. The van der Waals surface area contributed by atoms with E-state index in [1.807, 2.05) is 6.20 Å². The molecule has 1 aromatic heterocycles. The molecule has 2 aliphatic rings. The number of nitrogens with zero attached hydrogens (tertiary/aromatic N) is 4. The van der Waals surface area contributed by atoms with Gasteiger partial charge in [-0.15, -0.1) is 0 Å². The van der Waals surface area contributed by atoms with Crippen LogP contribution in [0.4, 0.5) is 5.82 Å². The molecule has 0 unspecified atom stereocenters. The molecule has 1 aromatic rings. The quantitative estimate of drug-likeness (QED) is 0.568. The Morgan fingerprint density at radius 2 is 1.86 bits per heavy atom. The number of likely N-dealkylation sites (N-methyl/N-ethyl adjacent to an activating group) is 1. The van der Waals surface area contributed by atoms with Gasteiger partial charge in [-0.1, -0.05) is 19.9 Å². The zero-order chi connectivity index (χ0) is 20.6. The molecule has 1 saturated heterocycles. The Bertz CT molecular complexity index is 625. The summed E-state index contributed by atoms with van der Waals surface area (Å²) in [4.78, 5) is 14.2. The van der Waals surface area contributed by atoms with E-state index < -0.39 is 0 Å². The Labute approximate surface area is 177 Å². The van der Waals surface area contributed by atoms with Gasteiger partial charge >= 0.3 is 0 Å². The van der Waals surface area contributed by atoms with E-state index in [1.165, 1.54) is 25.7 Å². The van der Waals surface area contributed by atoms with Crippen molar-refractivity contribution in [1.82, 2.24) is 20.5 Å². The van der Waals surface area contributed by atoms with E-state index in [-0.39, 0.29) is 0 Å². The standard InChI is InChI=1S/C23H40N6/c1-5-24-23(27-21-9-7-20(8-10-21)18(2)3)26-17-19-6-11-22(25-16-19)29-14-12-28(4)13-15-29/h6,11,16,18,20-21H,5,7-10,12-15,17H2,1-4H3,(H2,24,26,27). The summed E-state index contributed by atoms with van der Waals surface area (Å²) in [6.07, 6.45) is 7.12. The summed E-state index contributed by atoms with van der Waals surface area (Å²) in [5.74, 6) is 3.71. The molecule has 2 fully saturated rings. The van der Waals surface area contributed by atoms with Gasteiger partial charge in [-0.05, 0) is 63.1 Å². The molecule has 1 aliphatic carbocycles. The Morgan fingerprint density at radius 3 is 2.45 bits per heavy atom. The number of rotatable bonds is 6. The van der Waals surface area contributed by atoms with Crippen LogP contribution in [0.25, 0.3) is 0 Å². The lowest BCUT2D eigenvalue weighted by Gasteiger charge is -2.33. The van der Waals surface area contributed by atoms with Crippen molar-refractivity contribution < 1.29 is 0 Å². The predicted octanol–water partition coefficient (Wildman–Crippen LogP) is 3.10. The van der Waals surface area contributed by atoms with E-state index in [0.717, 1.165) is 61.9 Å². The number of nitrogens with one attached hydrogen (secondary N) is 2. The van der Waals surface area contributed by atoms with Gasteiger partial charge in [0.05, 0.1) is 6.54 Å². The number of piperazine rings is 1. The largest absolute Gasteiger partial charge is 0.357 e. The average molecular weight is 401 g/mol. The smallest absolute Gasteiger partial charge is 0.191 e. The van der Waals surface area contributed by atoms with Gasteiger partial charge in [-0.2, -0.15) is 0 Å². The van der Waals surface area contributed by atoms with Gasteiger partial charge in [-0.25, -0.2) is 9.98 Å². The summed E-state index contributed by atoms with van der Waals surface area (Å²) in [7, 11) is 2.18.